The fourth-order valence-corrected chi connectivity index (χ4v) is 2.94. The van der Waals surface area contributed by atoms with Crippen molar-refractivity contribution >= 4 is 28.9 Å². The lowest BCUT2D eigenvalue weighted by atomic mass is 10.2. The molecule has 1 amide bonds. The van der Waals surface area contributed by atoms with Gasteiger partial charge in [-0.25, -0.2) is 14.6 Å². The molecule has 1 aliphatic heterocycles. The van der Waals surface area contributed by atoms with Gasteiger partial charge >= 0.3 is 12.1 Å². The van der Waals surface area contributed by atoms with Crippen LogP contribution in [0.2, 0.25) is 0 Å². The highest BCUT2D eigenvalue weighted by molar-refractivity contribution is 5.93. The fourth-order valence-electron chi connectivity index (χ4n) is 2.94. The van der Waals surface area contributed by atoms with Gasteiger partial charge in [0.05, 0.1) is 29.4 Å². The summed E-state index contributed by atoms with van der Waals surface area (Å²) in [6.45, 7) is 10.1. The zero-order chi connectivity index (χ0) is 20.3. The van der Waals surface area contributed by atoms with Gasteiger partial charge in [0, 0.05) is 26.2 Å². The predicted molar refractivity (Wildman–Crippen MR) is 106 cm³/mol. The molecule has 2 aromatic rings. The number of rotatable bonds is 3. The summed E-state index contributed by atoms with van der Waals surface area (Å²) in [6.07, 6.45) is 1.41. The maximum absolute atomic E-state index is 12.2. The summed E-state index contributed by atoms with van der Waals surface area (Å²) in [7, 11) is 0. The molecule has 1 saturated heterocycles. The number of hydrogen-bond acceptors (Lipinski definition) is 7. The molecular weight excluding hydrogens is 360 g/mol. The van der Waals surface area contributed by atoms with Crippen molar-refractivity contribution in [2.45, 2.75) is 33.3 Å². The molecule has 150 valence electrons. The zero-order valence-electron chi connectivity index (χ0n) is 16.8. The summed E-state index contributed by atoms with van der Waals surface area (Å²) in [4.78, 5) is 36.9. The van der Waals surface area contributed by atoms with Gasteiger partial charge in [0.15, 0.2) is 0 Å². The first kappa shape index (κ1) is 19.9. The molecule has 1 fully saturated rings. The van der Waals surface area contributed by atoms with Gasteiger partial charge in [-0.2, -0.15) is 0 Å². The number of carbonyl (C=O) groups is 2. The number of piperazine rings is 1. The molecule has 1 aliphatic rings. The number of benzene rings is 1. The van der Waals surface area contributed by atoms with Crippen LogP contribution in [0.5, 0.6) is 0 Å². The van der Waals surface area contributed by atoms with E-state index < -0.39 is 5.60 Å². The number of hydrogen-bond donors (Lipinski definition) is 0. The van der Waals surface area contributed by atoms with Crippen LogP contribution >= 0.6 is 0 Å². The average molecular weight is 386 g/mol. The lowest BCUT2D eigenvalue weighted by Gasteiger charge is -2.36. The quantitative estimate of drug-likeness (QED) is 0.750. The first-order valence-corrected chi connectivity index (χ1v) is 9.43. The monoisotopic (exact) mass is 386 g/mol. The molecule has 0 bridgehead atoms. The molecule has 0 atom stereocenters. The lowest BCUT2D eigenvalue weighted by molar-refractivity contribution is 0.0240. The van der Waals surface area contributed by atoms with Crippen molar-refractivity contribution in [3.63, 3.8) is 0 Å². The Labute approximate surface area is 164 Å². The Morgan fingerprint density at radius 2 is 1.82 bits per heavy atom. The summed E-state index contributed by atoms with van der Waals surface area (Å²) >= 11 is 0. The second kappa shape index (κ2) is 8.00. The number of amides is 1. The lowest BCUT2D eigenvalue weighted by Crippen LogP contribution is -2.50. The minimum absolute atomic E-state index is 0.289. The van der Waals surface area contributed by atoms with Crippen LogP contribution in [-0.2, 0) is 9.47 Å². The maximum atomic E-state index is 12.2. The van der Waals surface area contributed by atoms with Crippen LogP contribution in [-0.4, -0.2) is 65.3 Å². The minimum Gasteiger partial charge on any atom is -0.462 e. The Hall–Kier alpha value is -2.90. The summed E-state index contributed by atoms with van der Waals surface area (Å²) in [5.41, 5.74) is 1.31. The van der Waals surface area contributed by atoms with E-state index in [9.17, 15) is 9.59 Å². The molecular formula is C20H26N4O4. The molecule has 0 aliphatic carbocycles. The summed E-state index contributed by atoms with van der Waals surface area (Å²) in [6, 6.07) is 5.15. The fraction of sp³-hybridized carbons (Fsp3) is 0.500. The van der Waals surface area contributed by atoms with Crippen molar-refractivity contribution in [2.75, 3.05) is 37.7 Å². The van der Waals surface area contributed by atoms with Crippen molar-refractivity contribution in [2.24, 2.45) is 0 Å². The van der Waals surface area contributed by atoms with Gasteiger partial charge in [0.25, 0.3) is 0 Å². The van der Waals surface area contributed by atoms with Crippen LogP contribution in [0, 0.1) is 0 Å². The predicted octanol–water partition coefficient (Wildman–Crippen LogP) is 2.86. The van der Waals surface area contributed by atoms with E-state index in [1.165, 1.54) is 0 Å². The first-order valence-electron chi connectivity index (χ1n) is 9.43. The zero-order valence-corrected chi connectivity index (χ0v) is 16.8. The summed E-state index contributed by atoms with van der Waals surface area (Å²) in [5.74, 6) is 0.383. The number of carbonyl (C=O) groups excluding carboxylic acids is 2. The Bertz CT molecular complexity index is 870. The molecule has 8 heteroatoms. The number of anilines is 1. The van der Waals surface area contributed by atoms with Crippen molar-refractivity contribution in [1.82, 2.24) is 14.9 Å². The van der Waals surface area contributed by atoms with Gasteiger partial charge in [-0.15, -0.1) is 0 Å². The average Bonchev–Trinajstić information content (AvgIpc) is 2.66. The SMILES string of the molecule is CCOC(=O)c1ccc2nc(N3CCN(C(=O)OC(C)(C)C)CC3)cnc2c1. The highest BCUT2D eigenvalue weighted by Crippen LogP contribution is 2.19. The third kappa shape index (κ3) is 4.68. The molecule has 0 saturated carbocycles. The van der Waals surface area contributed by atoms with E-state index >= 15 is 0 Å². The van der Waals surface area contributed by atoms with Gasteiger partial charge in [-0.1, -0.05) is 0 Å². The first-order chi connectivity index (χ1) is 13.3. The Morgan fingerprint density at radius 3 is 2.46 bits per heavy atom. The Balaban J connectivity index is 1.67. The molecule has 28 heavy (non-hydrogen) atoms. The van der Waals surface area contributed by atoms with Crippen molar-refractivity contribution in [1.29, 1.82) is 0 Å². The highest BCUT2D eigenvalue weighted by atomic mass is 16.6. The van der Waals surface area contributed by atoms with Gasteiger partial charge in [0.1, 0.15) is 11.4 Å². The molecule has 0 unspecified atom stereocenters. The molecule has 3 rings (SSSR count). The van der Waals surface area contributed by atoms with E-state index in [4.69, 9.17) is 9.47 Å². The number of aromatic nitrogens is 2. The van der Waals surface area contributed by atoms with Crippen LogP contribution in [0.15, 0.2) is 24.4 Å². The normalized spacial score (nSPS) is 14.9. The van der Waals surface area contributed by atoms with Crippen molar-refractivity contribution < 1.29 is 19.1 Å². The van der Waals surface area contributed by atoms with E-state index in [1.54, 1.807) is 36.2 Å². The maximum Gasteiger partial charge on any atom is 0.410 e. The molecule has 8 nitrogen and oxygen atoms in total. The van der Waals surface area contributed by atoms with E-state index in [0.29, 0.717) is 49.4 Å². The van der Waals surface area contributed by atoms with Crippen LogP contribution in [0.1, 0.15) is 38.1 Å². The molecule has 1 aromatic heterocycles. The van der Waals surface area contributed by atoms with E-state index in [-0.39, 0.29) is 12.1 Å². The Morgan fingerprint density at radius 1 is 1.11 bits per heavy atom. The van der Waals surface area contributed by atoms with Crippen LogP contribution in [0.25, 0.3) is 11.0 Å². The van der Waals surface area contributed by atoms with Gasteiger partial charge in [-0.05, 0) is 45.9 Å². The second-order valence-electron chi connectivity index (χ2n) is 7.61. The van der Waals surface area contributed by atoms with Gasteiger partial charge < -0.3 is 19.3 Å². The largest absolute Gasteiger partial charge is 0.462 e. The van der Waals surface area contributed by atoms with E-state index in [1.807, 2.05) is 20.8 Å². The third-order valence-electron chi connectivity index (χ3n) is 4.30. The number of nitrogens with zero attached hydrogens (tertiary/aromatic N) is 4. The van der Waals surface area contributed by atoms with Gasteiger partial charge in [-0.3, -0.25) is 4.98 Å². The van der Waals surface area contributed by atoms with Crippen LogP contribution in [0.3, 0.4) is 0 Å². The molecule has 1 aromatic carbocycles. The standard InChI is InChI=1S/C20H26N4O4/c1-5-27-18(25)14-6-7-15-16(12-14)21-13-17(22-15)23-8-10-24(11-9-23)19(26)28-20(2,3)4/h6-7,12-13H,5,8-11H2,1-4H3. The van der Waals surface area contributed by atoms with Crippen LogP contribution < -0.4 is 4.90 Å². The molecule has 0 radical (unpaired) electrons. The van der Waals surface area contributed by atoms with Crippen molar-refractivity contribution in [3.05, 3.63) is 30.0 Å². The topological polar surface area (TPSA) is 84.9 Å². The Kier molecular flexibility index (Phi) is 5.67. The van der Waals surface area contributed by atoms with E-state index in [2.05, 4.69) is 14.9 Å². The molecule has 2 heterocycles. The number of ether oxygens (including phenoxy) is 2. The second-order valence-corrected chi connectivity index (χ2v) is 7.61. The van der Waals surface area contributed by atoms with Gasteiger partial charge in [0.2, 0.25) is 0 Å². The summed E-state index contributed by atoms with van der Waals surface area (Å²) < 4.78 is 10.4. The van der Waals surface area contributed by atoms with Crippen molar-refractivity contribution in [3.8, 4) is 0 Å². The number of esters is 1. The number of fused-ring (bicyclic) bond motifs is 1. The third-order valence-corrected chi connectivity index (χ3v) is 4.30. The van der Waals surface area contributed by atoms with E-state index in [0.717, 1.165) is 5.82 Å². The molecule has 0 N–H and O–H groups in total. The highest BCUT2D eigenvalue weighted by Gasteiger charge is 2.26. The smallest absolute Gasteiger partial charge is 0.410 e. The molecule has 0 spiro atoms. The van der Waals surface area contributed by atoms with Crippen LogP contribution in [0.4, 0.5) is 10.6 Å². The minimum atomic E-state index is -0.500. The summed E-state index contributed by atoms with van der Waals surface area (Å²) in [5, 5.41) is 0.